The molecule has 1 aromatic rings. The second-order valence-electron chi connectivity index (χ2n) is 4.98. The number of nitrogens with one attached hydrogen (secondary N) is 1. The van der Waals surface area contributed by atoms with Gasteiger partial charge in [-0.1, -0.05) is 18.2 Å². The number of hydrogen-bond donors (Lipinski definition) is 2. The topological polar surface area (TPSA) is 49.3 Å². The maximum Gasteiger partial charge on any atom is 0.329 e. The molecule has 2 aliphatic carbocycles. The lowest BCUT2D eigenvalue weighted by atomic mass is 9.63. The van der Waals surface area contributed by atoms with Gasteiger partial charge in [-0.15, -0.1) is 0 Å². The normalized spacial score (nSPS) is 29.5. The van der Waals surface area contributed by atoms with Gasteiger partial charge in [-0.25, -0.2) is 4.79 Å². The van der Waals surface area contributed by atoms with E-state index in [1.54, 1.807) is 0 Å². The number of carboxylic acids is 1. The molecule has 3 heteroatoms. The first-order valence-corrected chi connectivity index (χ1v) is 5.75. The molecule has 2 N–H and O–H groups in total. The summed E-state index contributed by atoms with van der Waals surface area (Å²) < 4.78 is 0. The molecule has 2 aliphatic rings. The van der Waals surface area contributed by atoms with Crippen molar-refractivity contribution in [2.75, 3.05) is 5.32 Å². The molecular weight excluding hydrogens is 202 g/mol. The van der Waals surface area contributed by atoms with Crippen LogP contribution >= 0.6 is 0 Å². The van der Waals surface area contributed by atoms with E-state index in [1.165, 1.54) is 0 Å². The molecule has 0 aliphatic heterocycles. The van der Waals surface area contributed by atoms with Crippen molar-refractivity contribution in [2.24, 2.45) is 5.41 Å². The molecule has 0 heterocycles. The predicted octanol–water partition coefficient (Wildman–Crippen LogP) is 2.50. The SMILES string of the molecule is O=C(O)C1(Nc2ccccc2)CCC12CC2. The van der Waals surface area contributed by atoms with Crippen molar-refractivity contribution >= 4 is 11.7 Å². The Labute approximate surface area is 94.5 Å². The molecular formula is C13H15NO2. The quantitative estimate of drug-likeness (QED) is 0.817. The summed E-state index contributed by atoms with van der Waals surface area (Å²) in [6.07, 6.45) is 3.91. The molecule has 0 bridgehead atoms. The number of rotatable bonds is 3. The molecule has 3 nitrogen and oxygen atoms in total. The van der Waals surface area contributed by atoms with Crippen LogP contribution in [-0.4, -0.2) is 16.6 Å². The van der Waals surface area contributed by atoms with Crippen LogP contribution in [0.5, 0.6) is 0 Å². The van der Waals surface area contributed by atoms with E-state index in [2.05, 4.69) is 5.32 Å². The summed E-state index contributed by atoms with van der Waals surface area (Å²) in [5, 5.41) is 12.7. The lowest BCUT2D eigenvalue weighted by Gasteiger charge is -2.48. The minimum absolute atomic E-state index is 0.0503. The second-order valence-corrected chi connectivity index (χ2v) is 4.98. The van der Waals surface area contributed by atoms with Crippen LogP contribution in [0.1, 0.15) is 25.7 Å². The minimum Gasteiger partial charge on any atom is -0.479 e. The highest BCUT2D eigenvalue weighted by atomic mass is 16.4. The largest absolute Gasteiger partial charge is 0.479 e. The van der Waals surface area contributed by atoms with E-state index in [9.17, 15) is 9.90 Å². The van der Waals surface area contributed by atoms with Crippen molar-refractivity contribution in [1.29, 1.82) is 0 Å². The minimum atomic E-state index is -0.700. The number of anilines is 1. The second kappa shape index (κ2) is 3.00. The van der Waals surface area contributed by atoms with Crippen molar-refractivity contribution in [3.8, 4) is 0 Å². The average molecular weight is 217 g/mol. The van der Waals surface area contributed by atoms with Gasteiger partial charge >= 0.3 is 5.97 Å². The van der Waals surface area contributed by atoms with E-state index in [-0.39, 0.29) is 5.41 Å². The van der Waals surface area contributed by atoms with Gasteiger partial charge in [-0.2, -0.15) is 0 Å². The third-order valence-electron chi connectivity index (χ3n) is 4.23. The first-order chi connectivity index (χ1) is 7.69. The van der Waals surface area contributed by atoms with Crippen LogP contribution < -0.4 is 5.32 Å². The number of aliphatic carboxylic acids is 1. The molecule has 0 radical (unpaired) electrons. The van der Waals surface area contributed by atoms with Crippen molar-refractivity contribution in [1.82, 2.24) is 0 Å². The fourth-order valence-corrected chi connectivity index (χ4v) is 2.91. The van der Waals surface area contributed by atoms with Crippen LogP contribution in [0.25, 0.3) is 0 Å². The van der Waals surface area contributed by atoms with Crippen molar-refractivity contribution in [2.45, 2.75) is 31.2 Å². The zero-order valence-corrected chi connectivity index (χ0v) is 9.07. The van der Waals surface area contributed by atoms with Crippen molar-refractivity contribution < 1.29 is 9.90 Å². The highest BCUT2D eigenvalue weighted by molar-refractivity contribution is 5.86. The Morgan fingerprint density at radius 2 is 1.75 bits per heavy atom. The summed E-state index contributed by atoms with van der Waals surface area (Å²) in [7, 11) is 0. The molecule has 2 fully saturated rings. The lowest BCUT2D eigenvalue weighted by Crippen LogP contribution is -2.61. The summed E-state index contributed by atoms with van der Waals surface area (Å²) in [5.41, 5.74) is 0.263. The fourth-order valence-electron chi connectivity index (χ4n) is 2.91. The average Bonchev–Trinajstić information content (AvgIpc) is 3.07. The molecule has 1 spiro atoms. The van der Waals surface area contributed by atoms with Crippen LogP contribution in [0.15, 0.2) is 30.3 Å². The monoisotopic (exact) mass is 217 g/mol. The third kappa shape index (κ3) is 1.11. The standard InChI is InChI=1S/C13H15NO2/c15-11(16)13(9-8-12(13)6-7-12)14-10-4-2-1-3-5-10/h1-5,14H,6-9H2,(H,15,16). The van der Waals surface area contributed by atoms with Crippen LogP contribution in [-0.2, 0) is 4.79 Å². The molecule has 1 aromatic carbocycles. The maximum absolute atomic E-state index is 11.5. The Morgan fingerprint density at radius 1 is 1.12 bits per heavy atom. The smallest absolute Gasteiger partial charge is 0.329 e. The highest BCUT2D eigenvalue weighted by Gasteiger charge is 2.70. The van der Waals surface area contributed by atoms with Crippen molar-refractivity contribution in [3.05, 3.63) is 30.3 Å². The fraction of sp³-hybridized carbons (Fsp3) is 0.462. The Balaban J connectivity index is 1.89. The van der Waals surface area contributed by atoms with Gasteiger partial charge in [0.15, 0.2) is 0 Å². The Morgan fingerprint density at radius 3 is 2.19 bits per heavy atom. The Hall–Kier alpha value is -1.51. The first kappa shape index (κ1) is 9.70. The zero-order valence-electron chi connectivity index (χ0n) is 9.07. The van der Waals surface area contributed by atoms with Gasteiger partial charge in [0.05, 0.1) is 0 Å². The van der Waals surface area contributed by atoms with Crippen LogP contribution in [0, 0.1) is 5.41 Å². The highest BCUT2D eigenvalue weighted by Crippen LogP contribution is 2.67. The Kier molecular flexibility index (Phi) is 1.82. The van der Waals surface area contributed by atoms with Gasteiger partial charge in [0, 0.05) is 11.1 Å². The number of benzene rings is 1. The number of carbonyl (C=O) groups is 1. The number of hydrogen-bond acceptors (Lipinski definition) is 2. The molecule has 16 heavy (non-hydrogen) atoms. The van der Waals surface area contributed by atoms with Gasteiger partial charge in [0.1, 0.15) is 5.54 Å². The van der Waals surface area contributed by atoms with E-state index in [1.807, 2.05) is 30.3 Å². The van der Waals surface area contributed by atoms with Crippen molar-refractivity contribution in [3.63, 3.8) is 0 Å². The molecule has 3 rings (SSSR count). The lowest BCUT2D eigenvalue weighted by molar-refractivity contribution is -0.150. The summed E-state index contributed by atoms with van der Waals surface area (Å²) in [6, 6.07) is 9.65. The summed E-state index contributed by atoms with van der Waals surface area (Å²) in [6.45, 7) is 0. The van der Waals surface area contributed by atoms with Gasteiger partial charge in [0.2, 0.25) is 0 Å². The van der Waals surface area contributed by atoms with Gasteiger partial charge in [0.25, 0.3) is 0 Å². The van der Waals surface area contributed by atoms with E-state index in [0.29, 0.717) is 0 Å². The molecule has 0 aromatic heterocycles. The van der Waals surface area contributed by atoms with Gasteiger partial charge in [-0.05, 0) is 37.8 Å². The van der Waals surface area contributed by atoms with Crippen LogP contribution in [0.2, 0.25) is 0 Å². The molecule has 0 saturated heterocycles. The first-order valence-electron chi connectivity index (χ1n) is 5.75. The van der Waals surface area contributed by atoms with Gasteiger partial charge < -0.3 is 10.4 Å². The molecule has 84 valence electrons. The summed E-state index contributed by atoms with van der Waals surface area (Å²) in [4.78, 5) is 11.5. The number of para-hydroxylation sites is 1. The zero-order chi connectivity index (χ0) is 11.2. The van der Waals surface area contributed by atoms with Gasteiger partial charge in [-0.3, -0.25) is 0 Å². The molecule has 2 saturated carbocycles. The van der Waals surface area contributed by atoms with E-state index in [4.69, 9.17) is 0 Å². The molecule has 1 unspecified atom stereocenters. The summed E-state index contributed by atoms with van der Waals surface area (Å²) >= 11 is 0. The maximum atomic E-state index is 11.5. The Bertz CT molecular complexity index is 425. The predicted molar refractivity (Wildman–Crippen MR) is 61.3 cm³/mol. The molecule has 1 atom stereocenters. The van der Waals surface area contributed by atoms with E-state index >= 15 is 0 Å². The third-order valence-corrected chi connectivity index (χ3v) is 4.23. The van der Waals surface area contributed by atoms with Crippen LogP contribution in [0.4, 0.5) is 5.69 Å². The number of carboxylic acid groups (broad SMARTS) is 1. The van der Waals surface area contributed by atoms with E-state index < -0.39 is 11.5 Å². The molecule has 0 amide bonds. The van der Waals surface area contributed by atoms with E-state index in [0.717, 1.165) is 31.4 Å². The van der Waals surface area contributed by atoms with Crippen LogP contribution in [0.3, 0.4) is 0 Å². The summed E-state index contributed by atoms with van der Waals surface area (Å²) in [5.74, 6) is -0.694.